The Morgan fingerprint density at radius 1 is 1.14 bits per heavy atom. The number of halogens is 1. The molecule has 0 saturated heterocycles. The molecular weight excluding hydrogens is 473 g/mol. The summed E-state index contributed by atoms with van der Waals surface area (Å²) in [6.45, 7) is 2.35. The van der Waals surface area contributed by atoms with Crippen LogP contribution in [-0.2, 0) is 13.1 Å². The third-order valence-electron chi connectivity index (χ3n) is 5.42. The topological polar surface area (TPSA) is 68.2 Å². The van der Waals surface area contributed by atoms with Crippen LogP contribution in [0, 0.1) is 5.92 Å². The van der Waals surface area contributed by atoms with E-state index >= 15 is 0 Å². The van der Waals surface area contributed by atoms with E-state index in [-0.39, 0.29) is 24.0 Å². The Labute approximate surface area is 189 Å². The molecule has 1 fully saturated rings. The van der Waals surface area contributed by atoms with E-state index in [1.165, 1.54) is 41.5 Å². The van der Waals surface area contributed by atoms with Crippen molar-refractivity contribution in [2.45, 2.75) is 32.4 Å². The fourth-order valence-electron chi connectivity index (χ4n) is 3.49. The molecule has 6 heteroatoms. The third kappa shape index (κ3) is 5.82. The highest BCUT2D eigenvalue weighted by atomic mass is 127. The van der Waals surface area contributed by atoms with Crippen molar-refractivity contribution in [1.82, 2.24) is 14.9 Å². The van der Waals surface area contributed by atoms with Gasteiger partial charge in [0.2, 0.25) is 0 Å². The van der Waals surface area contributed by atoms with Crippen molar-refractivity contribution >= 4 is 29.9 Å². The molecule has 0 bridgehead atoms. The molecule has 1 aromatic heterocycles. The van der Waals surface area contributed by atoms with Crippen LogP contribution in [0.4, 0.5) is 0 Å². The second kappa shape index (κ2) is 10.4. The number of guanidine groups is 1. The van der Waals surface area contributed by atoms with Crippen LogP contribution >= 0.6 is 24.0 Å². The van der Waals surface area contributed by atoms with Crippen LogP contribution < -0.4 is 11.1 Å². The highest BCUT2D eigenvalue weighted by molar-refractivity contribution is 14.0. The number of imidazole rings is 1. The van der Waals surface area contributed by atoms with E-state index in [1.54, 1.807) is 6.20 Å². The van der Waals surface area contributed by atoms with Crippen molar-refractivity contribution in [2.24, 2.45) is 16.6 Å². The number of hydrogen-bond acceptors (Lipinski definition) is 2. The molecule has 1 aliphatic rings. The molecule has 4 rings (SSSR count). The van der Waals surface area contributed by atoms with E-state index in [4.69, 9.17) is 5.73 Å². The molecule has 3 aromatic rings. The smallest absolute Gasteiger partial charge is 0.188 e. The van der Waals surface area contributed by atoms with E-state index < -0.39 is 0 Å². The number of hydrogen-bond donors (Lipinski definition) is 2. The summed E-state index contributed by atoms with van der Waals surface area (Å²) >= 11 is 0. The van der Waals surface area contributed by atoms with Gasteiger partial charge in [0, 0.05) is 25.5 Å². The lowest BCUT2D eigenvalue weighted by Crippen LogP contribution is -2.37. The summed E-state index contributed by atoms with van der Waals surface area (Å²) in [5.74, 6) is 1.30. The quantitative estimate of drug-likeness (QED) is 0.286. The molecule has 0 radical (unpaired) electrons. The largest absolute Gasteiger partial charge is 0.370 e. The lowest BCUT2D eigenvalue weighted by atomic mass is 9.85. The lowest BCUT2D eigenvalue weighted by Gasteiger charge is -2.25. The van der Waals surface area contributed by atoms with E-state index in [9.17, 15) is 0 Å². The summed E-state index contributed by atoms with van der Waals surface area (Å²) < 4.78 is 2.07. The first-order chi connectivity index (χ1) is 13.8. The molecule has 0 spiro atoms. The zero-order valence-corrected chi connectivity index (χ0v) is 18.8. The monoisotopic (exact) mass is 501 g/mol. The standard InChI is InChI=1S/C23H27N5.HI/c24-23(26-14-18-4-3-5-18)27-15-21-6-1-2-7-22(21)20-10-8-19(9-11-20)16-28-13-12-25-17-28;/h1-2,6-13,17-18H,3-5,14-16H2,(H3,24,26,27);1H. The Balaban J connectivity index is 0.00000240. The van der Waals surface area contributed by atoms with Crippen molar-refractivity contribution in [3.8, 4) is 11.1 Å². The molecule has 152 valence electrons. The maximum Gasteiger partial charge on any atom is 0.188 e. The van der Waals surface area contributed by atoms with Crippen molar-refractivity contribution < 1.29 is 0 Å². The molecule has 29 heavy (non-hydrogen) atoms. The minimum absolute atomic E-state index is 0. The molecule has 1 aliphatic carbocycles. The minimum Gasteiger partial charge on any atom is -0.370 e. The fourth-order valence-corrected chi connectivity index (χ4v) is 3.49. The van der Waals surface area contributed by atoms with Gasteiger partial charge in [0.15, 0.2) is 5.96 Å². The number of nitrogens with zero attached hydrogens (tertiary/aromatic N) is 3. The zero-order chi connectivity index (χ0) is 19.2. The van der Waals surface area contributed by atoms with Gasteiger partial charge in [-0.25, -0.2) is 9.98 Å². The second-order valence-corrected chi connectivity index (χ2v) is 7.47. The Morgan fingerprint density at radius 3 is 2.62 bits per heavy atom. The molecule has 0 amide bonds. The Morgan fingerprint density at radius 2 is 1.93 bits per heavy atom. The summed E-state index contributed by atoms with van der Waals surface area (Å²) in [5.41, 5.74) is 10.9. The molecule has 5 nitrogen and oxygen atoms in total. The number of nitrogens with one attached hydrogen (secondary N) is 1. The third-order valence-corrected chi connectivity index (χ3v) is 5.42. The number of aliphatic imine (C=N–C) groups is 1. The highest BCUT2D eigenvalue weighted by Crippen LogP contribution is 2.26. The first-order valence-electron chi connectivity index (χ1n) is 9.94. The fraction of sp³-hybridized carbons (Fsp3) is 0.304. The number of rotatable bonds is 7. The van der Waals surface area contributed by atoms with Gasteiger partial charge in [0.05, 0.1) is 12.9 Å². The average Bonchev–Trinajstić information content (AvgIpc) is 3.19. The van der Waals surface area contributed by atoms with Gasteiger partial charge in [-0.2, -0.15) is 0 Å². The van der Waals surface area contributed by atoms with Gasteiger partial charge in [-0.05, 0) is 41.0 Å². The van der Waals surface area contributed by atoms with E-state index in [0.29, 0.717) is 12.5 Å². The van der Waals surface area contributed by atoms with Crippen molar-refractivity contribution in [3.05, 3.63) is 78.4 Å². The summed E-state index contributed by atoms with van der Waals surface area (Å²) in [6.07, 6.45) is 9.57. The summed E-state index contributed by atoms with van der Waals surface area (Å²) in [6, 6.07) is 17.1. The Bertz CT molecular complexity index is 915. The van der Waals surface area contributed by atoms with Crippen LogP contribution in [0.2, 0.25) is 0 Å². The van der Waals surface area contributed by atoms with Crippen LogP contribution in [-0.4, -0.2) is 22.1 Å². The van der Waals surface area contributed by atoms with Crippen molar-refractivity contribution in [3.63, 3.8) is 0 Å². The van der Waals surface area contributed by atoms with E-state index in [2.05, 4.69) is 68.4 Å². The first kappa shape index (κ1) is 21.4. The van der Waals surface area contributed by atoms with Crippen molar-refractivity contribution in [2.75, 3.05) is 6.54 Å². The van der Waals surface area contributed by atoms with Crippen LogP contribution in [0.5, 0.6) is 0 Å². The van der Waals surface area contributed by atoms with Crippen LogP contribution in [0.25, 0.3) is 11.1 Å². The highest BCUT2D eigenvalue weighted by Gasteiger charge is 2.16. The van der Waals surface area contributed by atoms with Gasteiger partial charge in [0.1, 0.15) is 0 Å². The molecule has 2 aromatic carbocycles. The number of nitrogens with two attached hydrogens (primary N) is 1. The normalized spacial score (nSPS) is 14.1. The van der Waals surface area contributed by atoms with Crippen LogP contribution in [0.1, 0.15) is 30.4 Å². The first-order valence-corrected chi connectivity index (χ1v) is 9.94. The Kier molecular flexibility index (Phi) is 7.69. The average molecular weight is 501 g/mol. The summed E-state index contributed by atoms with van der Waals surface area (Å²) in [4.78, 5) is 8.65. The van der Waals surface area contributed by atoms with Gasteiger partial charge >= 0.3 is 0 Å². The SMILES string of the molecule is I.NC(=NCc1ccccc1-c1ccc(Cn2ccnc2)cc1)NCC1CCC1. The van der Waals surface area contributed by atoms with Gasteiger partial charge in [-0.1, -0.05) is 55.0 Å². The molecule has 3 N–H and O–H groups in total. The van der Waals surface area contributed by atoms with Gasteiger partial charge in [-0.15, -0.1) is 24.0 Å². The summed E-state index contributed by atoms with van der Waals surface area (Å²) in [5, 5.41) is 3.26. The van der Waals surface area contributed by atoms with E-state index in [1.807, 2.05) is 12.5 Å². The maximum absolute atomic E-state index is 6.05. The Hall–Kier alpha value is -2.35. The second-order valence-electron chi connectivity index (χ2n) is 7.47. The predicted octanol–water partition coefficient (Wildman–Crippen LogP) is 4.42. The van der Waals surface area contributed by atoms with Crippen molar-refractivity contribution in [1.29, 1.82) is 0 Å². The molecule has 0 aliphatic heterocycles. The molecule has 1 saturated carbocycles. The molecule has 0 unspecified atom stereocenters. The number of benzene rings is 2. The zero-order valence-electron chi connectivity index (χ0n) is 16.5. The molecular formula is C23H28IN5. The number of aromatic nitrogens is 2. The van der Waals surface area contributed by atoms with E-state index in [0.717, 1.165) is 19.0 Å². The minimum atomic E-state index is 0. The van der Waals surface area contributed by atoms with Gasteiger partial charge < -0.3 is 15.6 Å². The van der Waals surface area contributed by atoms with Crippen LogP contribution in [0.15, 0.2) is 72.2 Å². The predicted molar refractivity (Wildman–Crippen MR) is 129 cm³/mol. The lowest BCUT2D eigenvalue weighted by molar-refractivity contribution is 0.315. The molecule has 1 heterocycles. The van der Waals surface area contributed by atoms with Gasteiger partial charge in [-0.3, -0.25) is 0 Å². The molecule has 0 atom stereocenters. The van der Waals surface area contributed by atoms with Crippen LogP contribution in [0.3, 0.4) is 0 Å². The maximum atomic E-state index is 6.05. The van der Waals surface area contributed by atoms with Gasteiger partial charge in [0.25, 0.3) is 0 Å². The summed E-state index contributed by atoms with van der Waals surface area (Å²) in [7, 11) is 0.